The number of ketones is 1. The van der Waals surface area contributed by atoms with Crippen molar-refractivity contribution in [2.75, 3.05) is 34.3 Å². The van der Waals surface area contributed by atoms with E-state index in [-0.39, 0.29) is 70.4 Å². The summed E-state index contributed by atoms with van der Waals surface area (Å²) in [5, 5.41) is 38.1. The first-order chi connectivity index (χ1) is 55.5. The molecule has 3 saturated heterocycles. The molecule has 3 unspecified atom stereocenters. The smallest absolute Gasteiger partial charge is 0.329 e. The minimum Gasteiger partial charge on any atom is -0.497 e. The number of esters is 3. The molecule has 0 bridgehead atoms. The molecule has 1 aromatic carbocycles. The molecule has 36 nitrogen and oxygen atoms in total. The summed E-state index contributed by atoms with van der Waals surface area (Å²) in [4.78, 5) is 245. The Morgan fingerprint density at radius 2 is 1.27 bits per heavy atom. The van der Waals surface area contributed by atoms with Crippen LogP contribution in [-0.2, 0) is 102 Å². The van der Waals surface area contributed by atoms with Crippen LogP contribution in [0.1, 0.15) is 223 Å². The highest BCUT2D eigenvalue weighted by atomic mass is 16.6. The lowest BCUT2D eigenvalue weighted by Crippen LogP contribution is -2.62. The van der Waals surface area contributed by atoms with Gasteiger partial charge in [-0.1, -0.05) is 113 Å². The van der Waals surface area contributed by atoms with Gasteiger partial charge < -0.3 is 97.9 Å². The standard InChI is InChI=1S/C82H131N13O23/c1-16-18-19-20-21-24-52(96)42-66(101)86-54(31-34-63(83)98)73(105)87-55(32-35-64(84)99)74(106)88-56(33-36-65(85)100)81(113)117-50(12)77(109)94-37-22-25-58(94)79(111)92(13)60(40-45(5)6)75(107)91-69-49(11)116-82(114)61(41-51-27-29-53(115-15)30-28-51)93(14)80(112)59-26-23-38-95(59)78(110)57(39-44(3)4)89-72(104)48(10)70(103)71(46(7)8)118-67(102)43-62(97)68(47(9)17-2)90-76(69)108/h27-30,44-50,52,54-62,68-69,71,96-97H,16-26,31-43H2,1-15H3,(H2,83,98)(H2,84,99)(H2,85,100)(H,86,101)(H,87,105)(H,88,106)(H,89,104)(H,90,108)(H,91,107)/t47?,48-,49-,50+,52-,54+,55+,56+,57+,58+,59+,60+,61+,62?,68?,69+,71-/m1/s1. The molecule has 13 amide bonds. The van der Waals surface area contributed by atoms with Crippen LogP contribution in [0.25, 0.3) is 0 Å². The first kappa shape index (κ1) is 100. The maximum atomic E-state index is 15.4. The number of methoxy groups -OCH3 is 1. The number of cyclic esters (lactones) is 2. The Morgan fingerprint density at radius 1 is 0.695 bits per heavy atom. The molecule has 1 aromatic rings. The predicted molar refractivity (Wildman–Crippen MR) is 429 cm³/mol. The van der Waals surface area contributed by atoms with Crippen molar-refractivity contribution in [3.63, 3.8) is 0 Å². The monoisotopic (exact) mass is 1670 g/mol. The summed E-state index contributed by atoms with van der Waals surface area (Å²) in [6.45, 7) is 19.4. The first-order valence-electron chi connectivity index (χ1n) is 41.4. The lowest BCUT2D eigenvalue weighted by Gasteiger charge is -2.36. The maximum Gasteiger partial charge on any atom is 0.329 e. The maximum absolute atomic E-state index is 15.4. The molecule has 118 heavy (non-hydrogen) atoms. The molecule has 3 aliphatic rings. The number of Topliss-reactive ketones (excluding diaryl/α,β-unsaturated/α-hetero) is 1. The molecule has 0 saturated carbocycles. The van der Waals surface area contributed by atoms with Crippen molar-refractivity contribution in [1.29, 1.82) is 0 Å². The van der Waals surface area contributed by atoms with Crippen LogP contribution in [0.15, 0.2) is 24.3 Å². The molecule has 14 N–H and O–H groups in total. The molecule has 3 heterocycles. The number of hydrogen-bond donors (Lipinski definition) is 11. The number of nitrogens with two attached hydrogens (primary N) is 3. The minimum atomic E-state index is -1.93. The van der Waals surface area contributed by atoms with Gasteiger partial charge >= 0.3 is 17.9 Å². The summed E-state index contributed by atoms with van der Waals surface area (Å²) in [6, 6.07) is -8.51. The number of carbonyl (C=O) groups is 17. The van der Waals surface area contributed by atoms with Crippen molar-refractivity contribution in [3.8, 4) is 5.75 Å². The number of nitrogens with zero attached hydrogens (tertiary/aromatic N) is 4. The number of nitrogens with one attached hydrogen (secondary N) is 6. The van der Waals surface area contributed by atoms with Crippen LogP contribution in [0, 0.1) is 29.6 Å². The van der Waals surface area contributed by atoms with Gasteiger partial charge in [-0.05, 0) is 126 Å². The Labute approximate surface area is 691 Å². The quantitative estimate of drug-likeness (QED) is 0.0191. The minimum absolute atomic E-state index is 0.00717. The molecule has 0 aromatic heterocycles. The van der Waals surface area contributed by atoms with Crippen LogP contribution >= 0.6 is 0 Å². The van der Waals surface area contributed by atoms with E-state index in [1.165, 1.54) is 46.9 Å². The van der Waals surface area contributed by atoms with Gasteiger partial charge in [0.25, 0.3) is 5.91 Å². The Kier molecular flexibility index (Phi) is 41.6. The van der Waals surface area contributed by atoms with Crippen molar-refractivity contribution >= 4 is 100 Å². The van der Waals surface area contributed by atoms with E-state index in [0.29, 0.717) is 30.6 Å². The predicted octanol–water partition coefficient (Wildman–Crippen LogP) is 1.23. The molecule has 0 radical (unpaired) electrons. The van der Waals surface area contributed by atoms with Crippen LogP contribution in [0.2, 0.25) is 0 Å². The third kappa shape index (κ3) is 31.1. The summed E-state index contributed by atoms with van der Waals surface area (Å²) >= 11 is 0. The molecule has 0 aliphatic carbocycles. The van der Waals surface area contributed by atoms with E-state index in [4.69, 9.17) is 36.1 Å². The van der Waals surface area contributed by atoms with Crippen molar-refractivity contribution in [2.24, 2.45) is 46.8 Å². The Bertz CT molecular complexity index is 3640. The van der Waals surface area contributed by atoms with Gasteiger partial charge in [-0.25, -0.2) is 9.59 Å². The molecule has 36 heteroatoms. The molecule has 3 fully saturated rings. The van der Waals surface area contributed by atoms with Crippen molar-refractivity contribution in [1.82, 2.24) is 51.5 Å². The molecule has 3 aliphatic heterocycles. The summed E-state index contributed by atoms with van der Waals surface area (Å²) in [6.07, 6.45) is -6.53. The van der Waals surface area contributed by atoms with Crippen molar-refractivity contribution in [2.45, 2.75) is 315 Å². The Morgan fingerprint density at radius 3 is 1.83 bits per heavy atom. The third-order valence-electron chi connectivity index (χ3n) is 21.8. The highest BCUT2D eigenvalue weighted by molar-refractivity contribution is 6.05. The van der Waals surface area contributed by atoms with Gasteiger partial charge in [-0.15, -0.1) is 0 Å². The van der Waals surface area contributed by atoms with E-state index in [9.17, 15) is 67.7 Å². The second kappa shape index (κ2) is 48.9. The fourth-order valence-corrected chi connectivity index (χ4v) is 14.6. The van der Waals surface area contributed by atoms with Gasteiger partial charge in [0.1, 0.15) is 66.2 Å². The number of aliphatic hydroxyl groups is 2. The zero-order valence-corrected chi connectivity index (χ0v) is 71.3. The van der Waals surface area contributed by atoms with Gasteiger partial charge in [0.2, 0.25) is 70.9 Å². The average molecular weight is 1670 g/mol. The van der Waals surface area contributed by atoms with Gasteiger partial charge in [0.05, 0.1) is 44.1 Å². The lowest BCUT2D eigenvalue weighted by molar-refractivity contribution is -0.163. The average Bonchev–Trinajstić information content (AvgIpc) is 1.61. The summed E-state index contributed by atoms with van der Waals surface area (Å²) < 4.78 is 23.0. The highest BCUT2D eigenvalue weighted by Gasteiger charge is 2.47. The van der Waals surface area contributed by atoms with E-state index in [0.717, 1.165) is 40.4 Å². The second-order valence-corrected chi connectivity index (χ2v) is 32.7. The highest BCUT2D eigenvalue weighted by Crippen LogP contribution is 2.29. The number of carbonyl (C=O) groups excluding carboxylic acids is 17. The lowest BCUT2D eigenvalue weighted by atomic mass is 9.91. The molecular formula is C82H131N13O23. The SMILES string of the molecule is CCCCCCC[C@@H](O)CC(=O)N[C@@H](CCC(N)=O)C(=O)N[C@@H](CCC(N)=O)C(=O)N[C@@H](CCC(N)=O)C(=O)O[C@@H](C)C(=O)N1CCC[C@H]1C(=O)N(C)[C@@H](CC(C)C)C(=O)N[C@@H]1C(=O)NC(C(C)CC)C(O)CC(=O)O[C@H](C(C)C)C(=O)[C@@H](C)C(=O)N[C@@H](CC(C)C)C(=O)N2CCC[C@H]2C(=O)N(C)[C@@H](Cc2ccc(OC)cc2)C(=O)O[C@@H]1C. The number of rotatable bonds is 39. The van der Waals surface area contributed by atoms with Crippen LogP contribution < -0.4 is 53.8 Å². The van der Waals surface area contributed by atoms with Crippen LogP contribution in [0.5, 0.6) is 5.75 Å². The zero-order chi connectivity index (χ0) is 88.7. The fourth-order valence-electron chi connectivity index (χ4n) is 14.6. The third-order valence-corrected chi connectivity index (χ3v) is 21.8. The number of hydrogen-bond acceptors (Lipinski definition) is 23. The number of fused-ring (bicyclic) bond motifs is 1. The number of ether oxygens (including phenoxy) is 4. The number of aliphatic hydroxyl groups excluding tert-OH is 2. The van der Waals surface area contributed by atoms with E-state index < -0.39 is 260 Å². The Balaban J connectivity index is 1.75. The van der Waals surface area contributed by atoms with Crippen LogP contribution in [-0.4, -0.2) is 256 Å². The largest absolute Gasteiger partial charge is 0.497 e. The van der Waals surface area contributed by atoms with E-state index >= 15 is 24.0 Å². The number of primary amides is 3. The van der Waals surface area contributed by atoms with Crippen LogP contribution in [0.3, 0.4) is 0 Å². The normalized spacial score (nSPS) is 23.2. The van der Waals surface area contributed by atoms with E-state index in [1.54, 1.807) is 65.8 Å². The molecule has 17 atom stereocenters. The van der Waals surface area contributed by atoms with Gasteiger partial charge in [0, 0.05) is 52.9 Å². The van der Waals surface area contributed by atoms with Gasteiger partial charge in [-0.3, -0.25) is 71.9 Å². The molecule has 4 rings (SSSR count). The topological polar surface area (TPSA) is 531 Å². The van der Waals surface area contributed by atoms with Crippen molar-refractivity contribution < 1.29 is 111 Å². The van der Waals surface area contributed by atoms with Crippen LogP contribution in [0.4, 0.5) is 0 Å². The van der Waals surface area contributed by atoms with E-state index in [2.05, 4.69) is 31.9 Å². The zero-order valence-electron chi connectivity index (χ0n) is 71.3. The number of benzene rings is 1. The molecular weight excluding hydrogens is 1530 g/mol. The number of likely N-dealkylation sites (tertiary alicyclic amines) is 1. The summed E-state index contributed by atoms with van der Waals surface area (Å²) in [7, 11) is 4.09. The molecule has 662 valence electrons. The fraction of sp³-hybridized carbons (Fsp3) is 0.720. The summed E-state index contributed by atoms with van der Waals surface area (Å²) in [5.74, 6) is -19.0. The number of likely N-dealkylation sites (N-methyl/N-ethyl adjacent to an activating group) is 2. The number of unbranched alkanes of at least 4 members (excludes halogenated alkanes) is 4. The van der Waals surface area contributed by atoms with E-state index in [1.807, 2.05) is 20.8 Å². The van der Waals surface area contributed by atoms with Gasteiger partial charge in [0.15, 0.2) is 18.0 Å². The first-order valence-corrected chi connectivity index (χ1v) is 41.4. The Hall–Kier alpha value is -9.87. The second-order valence-electron chi connectivity index (χ2n) is 32.7. The van der Waals surface area contributed by atoms with Gasteiger partial charge in [-0.2, -0.15) is 0 Å². The van der Waals surface area contributed by atoms with Crippen molar-refractivity contribution in [3.05, 3.63) is 29.8 Å². The summed E-state index contributed by atoms with van der Waals surface area (Å²) in [5.41, 5.74) is 16.8. The molecule has 0 spiro atoms. The number of amides is 13.